The summed E-state index contributed by atoms with van der Waals surface area (Å²) >= 11 is 0. The van der Waals surface area contributed by atoms with Crippen LogP contribution in [0.3, 0.4) is 0 Å². The maximum atomic E-state index is 12.6. The van der Waals surface area contributed by atoms with E-state index in [9.17, 15) is 18.4 Å². The molecule has 0 heterocycles. The second kappa shape index (κ2) is 11.5. The van der Waals surface area contributed by atoms with Gasteiger partial charge in [-0.05, 0) is 36.8 Å². The van der Waals surface area contributed by atoms with E-state index < -0.39 is 12.7 Å². The number of halogens is 2. The topological polar surface area (TPSA) is 82.4 Å². The fourth-order valence-electron chi connectivity index (χ4n) is 2.88. The van der Waals surface area contributed by atoms with Crippen molar-refractivity contribution in [3.63, 3.8) is 0 Å². The minimum absolute atomic E-state index is 0.00905. The van der Waals surface area contributed by atoms with E-state index in [2.05, 4.69) is 10.1 Å². The average Bonchev–Trinajstić information content (AvgIpc) is 2.73. The van der Waals surface area contributed by atoms with Crippen LogP contribution in [0.15, 0.2) is 54.6 Å². The van der Waals surface area contributed by atoms with Crippen molar-refractivity contribution < 1.29 is 23.1 Å². The number of hydrogen-bond donors (Lipinski definition) is 1. The SMILES string of the molecule is CC(NC(=O)CCC(=O)N(CCC#N)c1ccccc1)c1cccc(OC(F)F)c1. The first-order valence-corrected chi connectivity index (χ1v) is 9.47. The van der Waals surface area contributed by atoms with E-state index in [1.54, 1.807) is 43.3 Å². The van der Waals surface area contributed by atoms with Gasteiger partial charge in [0.05, 0.1) is 18.5 Å². The van der Waals surface area contributed by atoms with Crippen molar-refractivity contribution >= 4 is 17.5 Å². The molecule has 0 spiro atoms. The van der Waals surface area contributed by atoms with E-state index >= 15 is 0 Å². The third kappa shape index (κ3) is 7.17. The zero-order valence-corrected chi connectivity index (χ0v) is 16.6. The summed E-state index contributed by atoms with van der Waals surface area (Å²) in [5, 5.41) is 11.6. The van der Waals surface area contributed by atoms with Gasteiger partial charge in [-0.3, -0.25) is 9.59 Å². The maximum Gasteiger partial charge on any atom is 0.387 e. The van der Waals surface area contributed by atoms with Gasteiger partial charge in [0.15, 0.2) is 0 Å². The second-order valence-electron chi connectivity index (χ2n) is 6.53. The quantitative estimate of drug-likeness (QED) is 0.631. The molecule has 0 aromatic heterocycles. The summed E-state index contributed by atoms with van der Waals surface area (Å²) in [6.45, 7) is -0.969. The number of para-hydroxylation sites is 1. The number of nitriles is 1. The molecule has 1 N–H and O–H groups in total. The van der Waals surface area contributed by atoms with Gasteiger partial charge in [-0.25, -0.2) is 0 Å². The lowest BCUT2D eigenvalue weighted by Gasteiger charge is -2.22. The third-order valence-electron chi connectivity index (χ3n) is 4.34. The number of rotatable bonds is 10. The maximum absolute atomic E-state index is 12.6. The van der Waals surface area contributed by atoms with Crippen molar-refractivity contribution in [2.24, 2.45) is 0 Å². The standard InChI is InChI=1S/C22H23F2N3O3/c1-16(17-7-5-10-19(15-17)30-22(23)24)26-20(28)11-12-21(29)27(14-6-13-25)18-8-3-2-4-9-18/h2-5,7-10,15-16,22H,6,11-12,14H2,1H3,(H,26,28). The zero-order chi connectivity index (χ0) is 21.9. The molecule has 0 aliphatic carbocycles. The molecule has 1 unspecified atom stereocenters. The van der Waals surface area contributed by atoms with Crippen LogP contribution in [0.25, 0.3) is 0 Å². The number of carbonyl (C=O) groups is 2. The molecule has 6 nitrogen and oxygen atoms in total. The van der Waals surface area contributed by atoms with Gasteiger partial charge in [0.1, 0.15) is 5.75 Å². The average molecular weight is 415 g/mol. The van der Waals surface area contributed by atoms with Crippen molar-refractivity contribution in [3.05, 3.63) is 60.2 Å². The molecule has 158 valence electrons. The lowest BCUT2D eigenvalue weighted by molar-refractivity contribution is -0.125. The first-order valence-electron chi connectivity index (χ1n) is 9.47. The van der Waals surface area contributed by atoms with Crippen LogP contribution >= 0.6 is 0 Å². The molecule has 2 rings (SSSR count). The Morgan fingerprint density at radius 2 is 1.87 bits per heavy atom. The Hall–Kier alpha value is -3.47. The molecular weight excluding hydrogens is 392 g/mol. The number of anilines is 1. The first kappa shape index (κ1) is 22.8. The minimum Gasteiger partial charge on any atom is -0.435 e. The fraction of sp³-hybridized carbons (Fsp3) is 0.318. The Morgan fingerprint density at radius 3 is 2.53 bits per heavy atom. The van der Waals surface area contributed by atoms with Crippen LogP contribution in [0.1, 0.15) is 37.8 Å². The molecule has 0 aliphatic heterocycles. The van der Waals surface area contributed by atoms with E-state index in [-0.39, 0.29) is 43.4 Å². The zero-order valence-electron chi connectivity index (χ0n) is 16.6. The summed E-state index contributed by atoms with van der Waals surface area (Å²) in [7, 11) is 0. The molecule has 0 bridgehead atoms. The molecule has 0 saturated heterocycles. The number of benzene rings is 2. The van der Waals surface area contributed by atoms with Crippen LogP contribution in [0.5, 0.6) is 5.75 Å². The van der Waals surface area contributed by atoms with Gasteiger partial charge in [0, 0.05) is 25.1 Å². The van der Waals surface area contributed by atoms with Gasteiger partial charge in [0.2, 0.25) is 11.8 Å². The number of carbonyl (C=O) groups excluding carboxylic acids is 2. The Morgan fingerprint density at radius 1 is 1.13 bits per heavy atom. The molecule has 2 aromatic carbocycles. The summed E-state index contributed by atoms with van der Waals surface area (Å²) in [5.74, 6) is -0.592. The summed E-state index contributed by atoms with van der Waals surface area (Å²) in [6.07, 6.45) is 0.126. The molecule has 0 fully saturated rings. The highest BCUT2D eigenvalue weighted by atomic mass is 19.3. The van der Waals surface area contributed by atoms with Crippen molar-refractivity contribution in [1.29, 1.82) is 5.26 Å². The van der Waals surface area contributed by atoms with Gasteiger partial charge in [-0.2, -0.15) is 14.0 Å². The first-order chi connectivity index (χ1) is 14.4. The van der Waals surface area contributed by atoms with Gasteiger partial charge < -0.3 is 15.0 Å². The molecule has 2 aromatic rings. The number of nitrogens with one attached hydrogen (secondary N) is 1. The fourth-order valence-corrected chi connectivity index (χ4v) is 2.88. The lowest BCUT2D eigenvalue weighted by Crippen LogP contribution is -2.33. The van der Waals surface area contributed by atoms with E-state index in [1.807, 2.05) is 12.1 Å². The summed E-state index contributed by atoms with van der Waals surface area (Å²) in [5.41, 5.74) is 1.27. The molecule has 30 heavy (non-hydrogen) atoms. The minimum atomic E-state index is -2.93. The predicted octanol–water partition coefficient (Wildman–Crippen LogP) is 4.19. The Bertz CT molecular complexity index is 885. The highest BCUT2D eigenvalue weighted by Gasteiger charge is 2.18. The number of ether oxygens (including phenoxy) is 1. The largest absolute Gasteiger partial charge is 0.435 e. The van der Waals surface area contributed by atoms with Crippen molar-refractivity contribution in [2.45, 2.75) is 38.8 Å². The Balaban J connectivity index is 1.92. The number of alkyl halides is 2. The van der Waals surface area contributed by atoms with Crippen LogP contribution in [0.4, 0.5) is 14.5 Å². The van der Waals surface area contributed by atoms with Crippen molar-refractivity contribution in [2.75, 3.05) is 11.4 Å². The summed E-state index contributed by atoms with van der Waals surface area (Å²) in [6, 6.07) is 16.6. The van der Waals surface area contributed by atoms with Crippen LogP contribution < -0.4 is 15.0 Å². The molecule has 0 radical (unpaired) electrons. The predicted molar refractivity (Wildman–Crippen MR) is 108 cm³/mol. The van der Waals surface area contributed by atoms with E-state index in [0.717, 1.165) is 0 Å². The van der Waals surface area contributed by atoms with E-state index in [1.165, 1.54) is 17.0 Å². The Kier molecular flexibility index (Phi) is 8.75. The van der Waals surface area contributed by atoms with E-state index in [4.69, 9.17) is 5.26 Å². The van der Waals surface area contributed by atoms with Gasteiger partial charge >= 0.3 is 6.61 Å². The second-order valence-corrected chi connectivity index (χ2v) is 6.53. The molecule has 0 saturated carbocycles. The monoisotopic (exact) mass is 415 g/mol. The summed E-state index contributed by atoms with van der Waals surface area (Å²) < 4.78 is 29.1. The molecular formula is C22H23F2N3O3. The lowest BCUT2D eigenvalue weighted by atomic mass is 10.1. The van der Waals surface area contributed by atoms with Crippen LogP contribution in [0, 0.1) is 11.3 Å². The molecule has 0 aliphatic rings. The molecule has 1 atom stereocenters. The smallest absolute Gasteiger partial charge is 0.387 e. The normalized spacial score (nSPS) is 11.4. The van der Waals surface area contributed by atoms with Crippen LogP contribution in [0.2, 0.25) is 0 Å². The molecule has 8 heteroatoms. The number of nitrogens with zero attached hydrogens (tertiary/aromatic N) is 2. The van der Waals surface area contributed by atoms with Crippen molar-refractivity contribution in [1.82, 2.24) is 5.32 Å². The van der Waals surface area contributed by atoms with Gasteiger partial charge in [-0.1, -0.05) is 30.3 Å². The van der Waals surface area contributed by atoms with Gasteiger partial charge in [0.25, 0.3) is 0 Å². The van der Waals surface area contributed by atoms with Crippen LogP contribution in [-0.4, -0.2) is 25.0 Å². The number of amides is 2. The van der Waals surface area contributed by atoms with Gasteiger partial charge in [-0.15, -0.1) is 0 Å². The van der Waals surface area contributed by atoms with Crippen molar-refractivity contribution in [3.8, 4) is 11.8 Å². The third-order valence-corrected chi connectivity index (χ3v) is 4.34. The Labute approximate surface area is 174 Å². The number of hydrogen-bond acceptors (Lipinski definition) is 4. The van der Waals surface area contributed by atoms with E-state index in [0.29, 0.717) is 11.3 Å². The van der Waals surface area contributed by atoms with Crippen LogP contribution in [-0.2, 0) is 9.59 Å². The highest BCUT2D eigenvalue weighted by molar-refractivity contribution is 5.95. The summed E-state index contributed by atoms with van der Waals surface area (Å²) in [4.78, 5) is 26.4. The highest BCUT2D eigenvalue weighted by Crippen LogP contribution is 2.21. The molecule has 2 amide bonds.